The molecule has 1 aromatic heterocycles. The largest absolute Gasteiger partial charge is 0.384 e. The molecule has 1 saturated heterocycles. The van der Waals surface area contributed by atoms with E-state index in [1.165, 1.54) is 16.4 Å². The summed E-state index contributed by atoms with van der Waals surface area (Å²) >= 11 is 0. The molecule has 27 heavy (non-hydrogen) atoms. The highest BCUT2D eigenvalue weighted by molar-refractivity contribution is 7.89. The van der Waals surface area contributed by atoms with Gasteiger partial charge in [0.15, 0.2) is 5.82 Å². The van der Waals surface area contributed by atoms with Crippen molar-refractivity contribution in [2.24, 2.45) is 5.92 Å². The fourth-order valence-corrected chi connectivity index (χ4v) is 4.74. The molecule has 0 amide bonds. The Bertz CT molecular complexity index is 876. The van der Waals surface area contributed by atoms with E-state index in [-0.39, 0.29) is 10.8 Å². The van der Waals surface area contributed by atoms with Crippen LogP contribution in [-0.4, -0.2) is 49.7 Å². The van der Waals surface area contributed by atoms with Gasteiger partial charge >= 0.3 is 0 Å². The quantitative estimate of drug-likeness (QED) is 0.713. The summed E-state index contributed by atoms with van der Waals surface area (Å²) < 4.78 is 51.2. The third-order valence-corrected chi connectivity index (χ3v) is 6.71. The minimum absolute atomic E-state index is 0.258. The highest BCUT2D eigenvalue weighted by atomic mass is 32.2. The van der Waals surface area contributed by atoms with Crippen molar-refractivity contribution in [1.82, 2.24) is 14.4 Å². The van der Waals surface area contributed by atoms with Crippen molar-refractivity contribution in [1.29, 1.82) is 0 Å². The van der Waals surface area contributed by atoms with Crippen molar-refractivity contribution in [3.8, 4) is 0 Å². The molecule has 0 unspecified atom stereocenters. The summed E-state index contributed by atoms with van der Waals surface area (Å²) in [6.45, 7) is 2.96. The summed E-state index contributed by atoms with van der Waals surface area (Å²) in [7, 11) is -2.20. The summed E-state index contributed by atoms with van der Waals surface area (Å²) in [6.07, 6.45) is 2.55. The minimum Gasteiger partial charge on any atom is -0.384 e. The van der Waals surface area contributed by atoms with Crippen LogP contribution in [0.25, 0.3) is 0 Å². The van der Waals surface area contributed by atoms with Crippen molar-refractivity contribution < 1.29 is 22.1 Å². The van der Waals surface area contributed by atoms with E-state index < -0.39 is 15.8 Å². The van der Waals surface area contributed by atoms with Crippen molar-refractivity contribution in [2.75, 3.05) is 26.8 Å². The lowest BCUT2D eigenvalue weighted by Crippen LogP contribution is -2.39. The van der Waals surface area contributed by atoms with Gasteiger partial charge in [-0.25, -0.2) is 12.8 Å². The number of sulfonamides is 1. The van der Waals surface area contributed by atoms with E-state index in [4.69, 9.17) is 9.26 Å². The smallest absolute Gasteiger partial charge is 0.245 e. The molecule has 1 aliphatic rings. The topological polar surface area (TPSA) is 85.5 Å². The van der Waals surface area contributed by atoms with E-state index in [0.717, 1.165) is 0 Å². The number of hydrogen-bond donors (Lipinski definition) is 0. The Morgan fingerprint density at radius 1 is 1.33 bits per heavy atom. The zero-order valence-corrected chi connectivity index (χ0v) is 16.3. The number of halogens is 1. The number of rotatable bonds is 7. The molecule has 1 aromatic carbocycles. The van der Waals surface area contributed by atoms with Gasteiger partial charge in [0.05, 0.1) is 6.61 Å². The summed E-state index contributed by atoms with van der Waals surface area (Å²) in [6, 6.07) is 4.20. The first-order valence-corrected chi connectivity index (χ1v) is 10.4. The van der Waals surface area contributed by atoms with Crippen molar-refractivity contribution in [2.45, 2.75) is 37.5 Å². The Morgan fingerprint density at radius 2 is 2.07 bits per heavy atom. The van der Waals surface area contributed by atoms with Gasteiger partial charge in [-0.05, 0) is 43.4 Å². The lowest BCUT2D eigenvalue weighted by molar-refractivity contribution is 0.199. The Morgan fingerprint density at radius 3 is 2.74 bits per heavy atom. The molecule has 2 heterocycles. The van der Waals surface area contributed by atoms with Crippen LogP contribution in [0.3, 0.4) is 0 Å². The highest BCUT2D eigenvalue weighted by Gasteiger charge is 2.31. The zero-order valence-electron chi connectivity index (χ0n) is 15.5. The number of hydrogen-bond acceptors (Lipinski definition) is 6. The number of benzene rings is 1. The molecule has 0 aliphatic carbocycles. The van der Waals surface area contributed by atoms with E-state index in [1.807, 2.05) is 0 Å². The lowest BCUT2D eigenvalue weighted by Gasteiger charge is -2.30. The monoisotopic (exact) mass is 397 g/mol. The second-order valence-corrected chi connectivity index (χ2v) is 8.74. The van der Waals surface area contributed by atoms with Crippen LogP contribution >= 0.6 is 0 Å². The van der Waals surface area contributed by atoms with Crippen LogP contribution in [0.4, 0.5) is 4.39 Å². The van der Waals surface area contributed by atoms with Gasteiger partial charge in [0, 0.05) is 33.0 Å². The maximum atomic E-state index is 14.1. The Labute approximate surface area is 158 Å². The van der Waals surface area contributed by atoms with Crippen LogP contribution in [0.1, 0.15) is 30.1 Å². The molecular formula is C18H24FN3O4S. The number of piperidine rings is 1. The second kappa shape index (κ2) is 8.45. The molecule has 9 heteroatoms. The van der Waals surface area contributed by atoms with Gasteiger partial charge in [0.1, 0.15) is 10.7 Å². The van der Waals surface area contributed by atoms with Gasteiger partial charge in [-0.1, -0.05) is 11.2 Å². The van der Waals surface area contributed by atoms with Crippen molar-refractivity contribution in [3.05, 3.63) is 41.3 Å². The molecule has 148 valence electrons. The molecule has 7 nitrogen and oxygen atoms in total. The van der Waals surface area contributed by atoms with Gasteiger partial charge in [-0.15, -0.1) is 0 Å². The zero-order chi connectivity index (χ0) is 19.4. The number of nitrogens with zero attached hydrogens (tertiary/aromatic N) is 3. The molecule has 3 rings (SSSR count). The first-order chi connectivity index (χ1) is 12.9. The molecule has 0 radical (unpaired) electrons. The molecule has 1 fully saturated rings. The molecule has 0 atom stereocenters. The van der Waals surface area contributed by atoms with Crippen molar-refractivity contribution >= 4 is 10.0 Å². The average molecular weight is 397 g/mol. The van der Waals surface area contributed by atoms with E-state index in [9.17, 15) is 12.8 Å². The number of aromatic nitrogens is 2. The van der Waals surface area contributed by atoms with Crippen LogP contribution in [0, 0.1) is 18.7 Å². The predicted octanol–water partition coefficient (Wildman–Crippen LogP) is 2.35. The third-order valence-electron chi connectivity index (χ3n) is 4.78. The molecule has 2 aromatic rings. The van der Waals surface area contributed by atoms with E-state index in [0.29, 0.717) is 62.7 Å². The standard InChI is InChI=1S/C18H24FN3O4S/c1-13-3-4-16(15(19)11-13)27(23,24)22-8-5-14(6-9-22)12-18-20-17(21-26-18)7-10-25-2/h3-4,11,14H,5-10,12H2,1-2H3. The van der Waals surface area contributed by atoms with E-state index >= 15 is 0 Å². The second-order valence-electron chi connectivity index (χ2n) is 6.83. The summed E-state index contributed by atoms with van der Waals surface area (Å²) in [5.74, 6) is 0.732. The van der Waals surface area contributed by atoms with Crippen LogP contribution in [0.2, 0.25) is 0 Å². The molecule has 0 N–H and O–H groups in total. The number of methoxy groups -OCH3 is 1. The number of aryl methyl sites for hydroxylation is 1. The molecule has 1 aliphatic heterocycles. The molecule has 0 bridgehead atoms. The van der Waals surface area contributed by atoms with Gasteiger partial charge < -0.3 is 9.26 Å². The first kappa shape index (κ1) is 19.9. The van der Waals surface area contributed by atoms with E-state index in [1.54, 1.807) is 20.1 Å². The molecule has 0 saturated carbocycles. The van der Waals surface area contributed by atoms with Crippen molar-refractivity contribution in [3.63, 3.8) is 0 Å². The van der Waals surface area contributed by atoms with Gasteiger partial charge in [0.25, 0.3) is 0 Å². The lowest BCUT2D eigenvalue weighted by atomic mass is 9.95. The maximum absolute atomic E-state index is 14.1. The van der Waals surface area contributed by atoms with Crippen LogP contribution in [0.5, 0.6) is 0 Å². The summed E-state index contributed by atoms with van der Waals surface area (Å²) in [5.41, 5.74) is 0.689. The van der Waals surface area contributed by atoms with Crippen LogP contribution < -0.4 is 0 Å². The Balaban J connectivity index is 1.59. The Kier molecular flexibility index (Phi) is 6.23. The van der Waals surface area contributed by atoms with Crippen LogP contribution in [0.15, 0.2) is 27.6 Å². The fourth-order valence-electron chi connectivity index (χ4n) is 3.22. The summed E-state index contributed by atoms with van der Waals surface area (Å²) in [5, 5.41) is 3.92. The Hall–Kier alpha value is -1.84. The SMILES string of the molecule is COCCc1noc(CC2CCN(S(=O)(=O)c3ccc(C)cc3F)CC2)n1. The number of ether oxygens (including phenoxy) is 1. The maximum Gasteiger partial charge on any atom is 0.245 e. The van der Waals surface area contributed by atoms with Gasteiger partial charge in [0.2, 0.25) is 15.9 Å². The third kappa shape index (κ3) is 4.72. The minimum atomic E-state index is -3.82. The first-order valence-electron chi connectivity index (χ1n) is 8.97. The van der Waals surface area contributed by atoms with E-state index in [2.05, 4.69) is 10.1 Å². The normalized spacial score (nSPS) is 16.7. The fraction of sp³-hybridized carbons (Fsp3) is 0.556. The van der Waals surface area contributed by atoms with Gasteiger partial charge in [-0.2, -0.15) is 9.29 Å². The molecular weight excluding hydrogens is 373 g/mol. The summed E-state index contributed by atoms with van der Waals surface area (Å²) in [4.78, 5) is 4.08. The van der Waals surface area contributed by atoms with Gasteiger partial charge in [-0.3, -0.25) is 0 Å². The highest BCUT2D eigenvalue weighted by Crippen LogP contribution is 2.27. The molecule has 0 spiro atoms. The van der Waals surface area contributed by atoms with Crippen LogP contribution in [-0.2, 0) is 27.6 Å². The predicted molar refractivity (Wildman–Crippen MR) is 96.2 cm³/mol. The average Bonchev–Trinajstić information content (AvgIpc) is 3.07.